The molecule has 130 valence electrons. The van der Waals surface area contributed by atoms with Gasteiger partial charge in [0.2, 0.25) is 5.91 Å². The number of hydrogen-bond donors (Lipinski definition) is 2. The Bertz CT molecular complexity index is 618. The number of carbonyl (C=O) groups is 3. The van der Waals surface area contributed by atoms with E-state index in [1.165, 1.54) is 17.0 Å². The summed E-state index contributed by atoms with van der Waals surface area (Å²) in [5.41, 5.74) is 0.334. The first-order chi connectivity index (χ1) is 11.4. The van der Waals surface area contributed by atoms with Crippen LogP contribution in [0.1, 0.15) is 36.5 Å². The number of hydrogen-bond acceptors (Lipinski definition) is 3. The van der Waals surface area contributed by atoms with Gasteiger partial charge in [0.15, 0.2) is 0 Å². The van der Waals surface area contributed by atoms with Gasteiger partial charge in [-0.25, -0.2) is 0 Å². The fourth-order valence-corrected chi connectivity index (χ4v) is 2.89. The lowest BCUT2D eigenvalue weighted by Gasteiger charge is -2.17. The van der Waals surface area contributed by atoms with Gasteiger partial charge in [-0.15, -0.1) is 0 Å². The third-order valence-corrected chi connectivity index (χ3v) is 4.39. The van der Waals surface area contributed by atoms with E-state index >= 15 is 0 Å². The zero-order valence-electron chi connectivity index (χ0n) is 13.5. The molecule has 2 rings (SSSR count). The van der Waals surface area contributed by atoms with Crippen LogP contribution in [-0.4, -0.2) is 46.9 Å². The normalized spacial score (nSPS) is 20.2. The summed E-state index contributed by atoms with van der Waals surface area (Å²) in [6.07, 6.45) is 2.82. The van der Waals surface area contributed by atoms with Crippen LogP contribution in [0.25, 0.3) is 0 Å². The first-order valence-electron chi connectivity index (χ1n) is 8.02. The summed E-state index contributed by atoms with van der Waals surface area (Å²) in [4.78, 5) is 37.7. The van der Waals surface area contributed by atoms with Gasteiger partial charge in [-0.05, 0) is 30.7 Å². The molecule has 1 heterocycles. The van der Waals surface area contributed by atoms with E-state index in [1.807, 2.05) is 0 Å². The molecule has 0 radical (unpaired) electrons. The lowest BCUT2D eigenvalue weighted by Crippen LogP contribution is -2.46. The molecule has 0 bridgehead atoms. The van der Waals surface area contributed by atoms with Crippen molar-refractivity contribution in [1.82, 2.24) is 10.2 Å². The van der Waals surface area contributed by atoms with Crippen LogP contribution in [0.5, 0.6) is 0 Å². The number of unbranched alkanes of at least 4 members (excludes halogenated alkanes) is 2. The molecule has 7 heteroatoms. The first-order valence-corrected chi connectivity index (χ1v) is 8.40. The van der Waals surface area contributed by atoms with Crippen molar-refractivity contribution in [3.05, 3.63) is 34.9 Å². The van der Waals surface area contributed by atoms with Crippen LogP contribution < -0.4 is 5.32 Å². The maximum absolute atomic E-state index is 12.5. The number of rotatable bonds is 7. The van der Waals surface area contributed by atoms with E-state index in [0.29, 0.717) is 17.1 Å². The molecular formula is C17H21ClN2O4. The summed E-state index contributed by atoms with van der Waals surface area (Å²) < 4.78 is 0. The molecule has 0 unspecified atom stereocenters. The molecule has 1 aromatic rings. The number of likely N-dealkylation sites (tertiary alicyclic amines) is 1. The van der Waals surface area contributed by atoms with Gasteiger partial charge in [0.1, 0.15) is 12.0 Å². The predicted molar refractivity (Wildman–Crippen MR) is 89.9 cm³/mol. The van der Waals surface area contributed by atoms with Gasteiger partial charge in [-0.1, -0.05) is 31.4 Å². The van der Waals surface area contributed by atoms with Crippen molar-refractivity contribution in [3.8, 4) is 0 Å². The number of nitrogens with zero attached hydrogens (tertiary/aromatic N) is 1. The second kappa shape index (κ2) is 8.15. The number of halogens is 1. The van der Waals surface area contributed by atoms with Gasteiger partial charge < -0.3 is 15.3 Å². The van der Waals surface area contributed by atoms with Crippen LogP contribution in [0, 0.1) is 5.92 Å². The van der Waals surface area contributed by atoms with E-state index in [-0.39, 0.29) is 12.5 Å². The number of nitrogens with one attached hydrogen (secondary N) is 1. The van der Waals surface area contributed by atoms with Gasteiger partial charge in [0.05, 0.1) is 0 Å². The van der Waals surface area contributed by atoms with Crippen LogP contribution in [-0.2, 0) is 9.59 Å². The Morgan fingerprint density at radius 2 is 1.96 bits per heavy atom. The highest BCUT2D eigenvalue weighted by Crippen LogP contribution is 2.20. The zero-order valence-corrected chi connectivity index (χ0v) is 14.3. The van der Waals surface area contributed by atoms with Gasteiger partial charge in [-0.2, -0.15) is 0 Å². The van der Waals surface area contributed by atoms with Crippen molar-refractivity contribution < 1.29 is 19.5 Å². The van der Waals surface area contributed by atoms with Crippen molar-refractivity contribution >= 4 is 29.4 Å². The number of aliphatic carboxylic acids is 1. The Hall–Kier alpha value is -2.08. The van der Waals surface area contributed by atoms with Crippen LogP contribution in [0.2, 0.25) is 5.02 Å². The van der Waals surface area contributed by atoms with Crippen molar-refractivity contribution in [3.63, 3.8) is 0 Å². The Morgan fingerprint density at radius 3 is 2.54 bits per heavy atom. The summed E-state index contributed by atoms with van der Waals surface area (Å²) in [7, 11) is 0. The predicted octanol–water partition coefficient (Wildman–Crippen LogP) is 2.17. The minimum Gasteiger partial charge on any atom is -0.481 e. The number of carboxylic acid groups (broad SMARTS) is 1. The number of benzene rings is 1. The lowest BCUT2D eigenvalue weighted by molar-refractivity contribution is -0.142. The van der Waals surface area contributed by atoms with Crippen LogP contribution in [0.15, 0.2) is 24.3 Å². The molecule has 1 fully saturated rings. The van der Waals surface area contributed by atoms with E-state index in [9.17, 15) is 19.5 Å². The summed E-state index contributed by atoms with van der Waals surface area (Å²) in [5.74, 6) is -2.83. The molecule has 1 aliphatic rings. The van der Waals surface area contributed by atoms with E-state index in [2.05, 4.69) is 12.2 Å². The van der Waals surface area contributed by atoms with Crippen LogP contribution in [0.4, 0.5) is 0 Å². The van der Waals surface area contributed by atoms with Gasteiger partial charge in [0.25, 0.3) is 5.91 Å². The smallest absolute Gasteiger partial charge is 0.310 e. The van der Waals surface area contributed by atoms with Crippen molar-refractivity contribution in [2.75, 3.05) is 13.1 Å². The average molecular weight is 353 g/mol. The van der Waals surface area contributed by atoms with Crippen LogP contribution in [0.3, 0.4) is 0 Å². The molecule has 1 saturated heterocycles. The van der Waals surface area contributed by atoms with Gasteiger partial charge in [-0.3, -0.25) is 14.4 Å². The minimum atomic E-state index is -1.08. The molecule has 2 atom stereocenters. The minimum absolute atomic E-state index is 0.128. The maximum atomic E-state index is 12.5. The quantitative estimate of drug-likeness (QED) is 0.736. The van der Waals surface area contributed by atoms with Gasteiger partial charge >= 0.3 is 5.97 Å². The molecule has 0 aliphatic carbocycles. The zero-order chi connectivity index (χ0) is 17.7. The highest BCUT2D eigenvalue weighted by molar-refractivity contribution is 6.30. The number of carboxylic acids is 1. The molecule has 0 aromatic heterocycles. The number of amides is 2. The third kappa shape index (κ3) is 4.26. The highest BCUT2D eigenvalue weighted by atomic mass is 35.5. The summed E-state index contributed by atoms with van der Waals surface area (Å²) in [5, 5.41) is 12.4. The number of carbonyl (C=O) groups excluding carboxylic acids is 2. The van der Waals surface area contributed by atoms with Crippen molar-refractivity contribution in [2.45, 2.75) is 32.2 Å². The van der Waals surface area contributed by atoms with E-state index in [1.54, 1.807) is 12.1 Å². The van der Waals surface area contributed by atoms with Crippen molar-refractivity contribution in [1.29, 1.82) is 0 Å². The Morgan fingerprint density at radius 1 is 1.29 bits per heavy atom. The standard InChI is InChI=1S/C17H21ClN2O4/c1-2-3-4-9-20-10-13(17(23)24)14(16(20)22)19-15(21)11-5-7-12(18)8-6-11/h5-8,13-14H,2-4,9-10H2,1H3,(H,19,21)(H,23,24)/t13-,14+/m1/s1. The molecule has 1 aliphatic heterocycles. The third-order valence-electron chi connectivity index (χ3n) is 4.14. The molecule has 0 spiro atoms. The van der Waals surface area contributed by atoms with Crippen LogP contribution >= 0.6 is 11.6 Å². The molecule has 6 nitrogen and oxygen atoms in total. The summed E-state index contributed by atoms with van der Waals surface area (Å²) >= 11 is 5.78. The molecule has 0 saturated carbocycles. The monoisotopic (exact) mass is 352 g/mol. The fraction of sp³-hybridized carbons (Fsp3) is 0.471. The molecular weight excluding hydrogens is 332 g/mol. The molecule has 2 N–H and O–H groups in total. The van der Waals surface area contributed by atoms with E-state index < -0.39 is 23.8 Å². The molecule has 1 aromatic carbocycles. The molecule has 2 amide bonds. The summed E-state index contributed by atoms with van der Waals surface area (Å²) in [6, 6.07) is 5.17. The Labute approximate surface area is 145 Å². The Kier molecular flexibility index (Phi) is 6.20. The second-order valence-electron chi connectivity index (χ2n) is 5.89. The SMILES string of the molecule is CCCCCN1C[C@@H](C(=O)O)[C@H](NC(=O)c2ccc(Cl)cc2)C1=O. The van der Waals surface area contributed by atoms with Crippen molar-refractivity contribution in [2.24, 2.45) is 5.92 Å². The Balaban J connectivity index is 2.07. The lowest BCUT2D eigenvalue weighted by atomic mass is 10.0. The van der Waals surface area contributed by atoms with Gasteiger partial charge in [0, 0.05) is 23.7 Å². The largest absolute Gasteiger partial charge is 0.481 e. The maximum Gasteiger partial charge on any atom is 0.310 e. The van der Waals surface area contributed by atoms with E-state index in [4.69, 9.17) is 11.6 Å². The molecule has 24 heavy (non-hydrogen) atoms. The van der Waals surface area contributed by atoms with E-state index in [0.717, 1.165) is 19.3 Å². The topological polar surface area (TPSA) is 86.7 Å². The fourth-order valence-electron chi connectivity index (χ4n) is 2.76. The first kappa shape index (κ1) is 18.3. The second-order valence-corrected chi connectivity index (χ2v) is 6.33. The summed E-state index contributed by atoms with van der Waals surface area (Å²) in [6.45, 7) is 2.70. The average Bonchev–Trinajstić information content (AvgIpc) is 2.85. The highest BCUT2D eigenvalue weighted by Gasteiger charge is 2.45.